The highest BCUT2D eigenvalue weighted by atomic mass is 28.3. The Morgan fingerprint density at radius 3 is 1.50 bits per heavy atom. The minimum Gasteiger partial charge on any atom is -0.444 e. The van der Waals surface area contributed by atoms with Gasteiger partial charge in [-0.25, -0.2) is 4.79 Å². The fourth-order valence-corrected chi connectivity index (χ4v) is 9.95. The topological polar surface area (TPSA) is 29.3 Å². The summed E-state index contributed by atoms with van der Waals surface area (Å²) >= 11 is 0. The van der Waals surface area contributed by atoms with E-state index in [9.17, 15) is 4.79 Å². The van der Waals surface area contributed by atoms with E-state index in [0.29, 0.717) is 11.3 Å². The summed E-state index contributed by atoms with van der Waals surface area (Å²) in [5.41, 5.74) is 0.547. The number of amides is 1. The molecule has 5 heteroatoms. The molecular formula is C13H29NO2Si2. The quantitative estimate of drug-likeness (QED) is 0.572. The van der Waals surface area contributed by atoms with E-state index >= 15 is 0 Å². The Morgan fingerprint density at radius 2 is 1.28 bits per heavy atom. The minimum atomic E-state index is -1.34. The van der Waals surface area contributed by atoms with Crippen LogP contribution >= 0.6 is 0 Å². The van der Waals surface area contributed by atoms with E-state index in [1.165, 1.54) is 0 Å². The smallest absolute Gasteiger partial charge is 0.410 e. The van der Waals surface area contributed by atoms with Crippen molar-refractivity contribution in [1.82, 2.24) is 4.90 Å². The Kier molecular flexibility index (Phi) is 3.83. The van der Waals surface area contributed by atoms with Crippen LogP contribution in [0.15, 0.2) is 0 Å². The van der Waals surface area contributed by atoms with Crippen LogP contribution < -0.4 is 0 Å². The third-order valence-electron chi connectivity index (χ3n) is 3.19. The third kappa shape index (κ3) is 3.60. The molecule has 1 heterocycles. The van der Waals surface area contributed by atoms with Crippen LogP contribution in [0.5, 0.6) is 0 Å². The number of hydrogen-bond donors (Lipinski definition) is 0. The molecule has 1 aliphatic rings. The first kappa shape index (κ1) is 15.8. The average Bonchev–Trinajstić information content (AvgIpc) is 2.70. The average molecular weight is 288 g/mol. The van der Waals surface area contributed by atoms with Crippen LogP contribution in [0, 0.1) is 0 Å². The molecule has 2 unspecified atom stereocenters. The minimum absolute atomic E-state index is 0.109. The summed E-state index contributed by atoms with van der Waals surface area (Å²) in [5, 5.41) is 0. The van der Waals surface area contributed by atoms with Gasteiger partial charge in [0.1, 0.15) is 5.60 Å². The zero-order valence-corrected chi connectivity index (χ0v) is 15.4. The van der Waals surface area contributed by atoms with Crippen LogP contribution in [0.3, 0.4) is 0 Å². The van der Waals surface area contributed by atoms with Crippen molar-refractivity contribution in [3.63, 3.8) is 0 Å². The fraction of sp³-hybridized carbons (Fsp3) is 0.923. The lowest BCUT2D eigenvalue weighted by Crippen LogP contribution is -2.38. The molecule has 0 saturated carbocycles. The van der Waals surface area contributed by atoms with E-state index in [0.717, 1.165) is 0 Å². The van der Waals surface area contributed by atoms with Gasteiger partial charge in [-0.15, -0.1) is 0 Å². The Hall–Kier alpha value is -0.296. The van der Waals surface area contributed by atoms with E-state index in [-0.39, 0.29) is 6.09 Å². The largest absolute Gasteiger partial charge is 0.444 e. The van der Waals surface area contributed by atoms with Crippen molar-refractivity contribution in [1.29, 1.82) is 0 Å². The summed E-state index contributed by atoms with van der Waals surface area (Å²) in [6.45, 7) is 19.9. The number of hydrogen-bond acceptors (Lipinski definition) is 2. The second kappa shape index (κ2) is 4.37. The molecular weight excluding hydrogens is 258 g/mol. The fourth-order valence-electron chi connectivity index (χ4n) is 2.55. The molecule has 0 aromatic carbocycles. The first-order chi connectivity index (χ1) is 7.75. The second-order valence-electron chi connectivity index (χ2n) is 8.51. The van der Waals surface area contributed by atoms with Crippen molar-refractivity contribution < 1.29 is 9.53 Å². The lowest BCUT2D eigenvalue weighted by molar-refractivity contribution is 0.0409. The number of carbonyl (C=O) groups is 1. The van der Waals surface area contributed by atoms with Gasteiger partial charge in [-0.05, 0) is 20.8 Å². The van der Waals surface area contributed by atoms with Gasteiger partial charge in [0.05, 0.1) is 16.1 Å². The van der Waals surface area contributed by atoms with Gasteiger partial charge in [-0.2, -0.15) is 0 Å². The molecule has 1 fully saturated rings. The van der Waals surface area contributed by atoms with E-state index in [2.05, 4.69) is 39.3 Å². The molecule has 2 atom stereocenters. The monoisotopic (exact) mass is 287 g/mol. The molecule has 0 aromatic rings. The molecule has 0 aliphatic carbocycles. The Labute approximate surface area is 114 Å². The Balaban J connectivity index is 2.86. The van der Waals surface area contributed by atoms with E-state index in [1.54, 1.807) is 0 Å². The summed E-state index contributed by atoms with van der Waals surface area (Å²) < 4.78 is 5.54. The molecule has 0 spiro atoms. The van der Waals surface area contributed by atoms with Crippen molar-refractivity contribution in [2.24, 2.45) is 0 Å². The summed E-state index contributed by atoms with van der Waals surface area (Å²) in [4.78, 5) is 14.3. The van der Waals surface area contributed by atoms with Crippen molar-refractivity contribution in [3.05, 3.63) is 0 Å². The maximum absolute atomic E-state index is 12.3. The lowest BCUT2D eigenvalue weighted by Gasteiger charge is -2.22. The highest BCUT2D eigenvalue weighted by Crippen LogP contribution is 2.42. The van der Waals surface area contributed by atoms with Gasteiger partial charge in [-0.3, -0.25) is 0 Å². The van der Waals surface area contributed by atoms with Crippen molar-refractivity contribution in [3.8, 4) is 0 Å². The van der Waals surface area contributed by atoms with Crippen LogP contribution in [0.1, 0.15) is 20.8 Å². The number of ether oxygens (including phenoxy) is 1. The van der Waals surface area contributed by atoms with Gasteiger partial charge >= 0.3 is 6.09 Å². The van der Waals surface area contributed by atoms with Crippen LogP contribution in [-0.2, 0) is 4.74 Å². The molecule has 0 radical (unpaired) electrons. The highest BCUT2D eigenvalue weighted by molar-refractivity contribution is 6.86. The van der Waals surface area contributed by atoms with Gasteiger partial charge < -0.3 is 9.64 Å². The van der Waals surface area contributed by atoms with Crippen LogP contribution in [0.25, 0.3) is 0 Å². The summed E-state index contributed by atoms with van der Waals surface area (Å²) in [5.74, 6) is 0. The van der Waals surface area contributed by atoms with E-state index in [1.807, 2.05) is 25.7 Å². The first-order valence-corrected chi connectivity index (χ1v) is 13.9. The Morgan fingerprint density at radius 1 is 0.944 bits per heavy atom. The molecule has 18 heavy (non-hydrogen) atoms. The predicted octanol–water partition coefficient (Wildman–Crippen LogP) is 3.73. The van der Waals surface area contributed by atoms with E-state index in [4.69, 9.17) is 4.74 Å². The van der Waals surface area contributed by atoms with Crippen molar-refractivity contribution in [2.75, 3.05) is 0 Å². The molecule has 3 nitrogen and oxygen atoms in total. The summed E-state index contributed by atoms with van der Waals surface area (Å²) in [6, 6.07) is 0. The number of nitrogens with zero attached hydrogens (tertiary/aromatic N) is 1. The second-order valence-corrected chi connectivity index (χ2v) is 19.2. The SMILES string of the molecule is CC(C)(C)OC(=O)N1C([Si](C)(C)C)C1[Si](C)(C)C. The molecule has 0 N–H and O–H groups in total. The van der Waals surface area contributed by atoms with Gasteiger partial charge in [0.15, 0.2) is 0 Å². The zero-order valence-electron chi connectivity index (χ0n) is 13.4. The molecule has 1 saturated heterocycles. The van der Waals surface area contributed by atoms with E-state index < -0.39 is 21.7 Å². The highest BCUT2D eigenvalue weighted by Gasteiger charge is 2.62. The van der Waals surface area contributed by atoms with Crippen molar-refractivity contribution in [2.45, 2.75) is 77.0 Å². The normalized spacial score (nSPS) is 25.1. The maximum Gasteiger partial charge on any atom is 0.410 e. The summed E-state index contributed by atoms with van der Waals surface area (Å²) in [6.07, 6.45) is -0.109. The predicted molar refractivity (Wildman–Crippen MR) is 82.3 cm³/mol. The molecule has 106 valence electrons. The lowest BCUT2D eigenvalue weighted by atomic mass is 10.2. The third-order valence-corrected chi connectivity index (χ3v) is 8.26. The van der Waals surface area contributed by atoms with Gasteiger partial charge in [-0.1, -0.05) is 39.3 Å². The standard InChI is InChI=1S/C13H29NO2Si2/c1-13(2,3)16-12(15)14-10(17(4,5)6)11(14)18(7,8)9/h10-11H,1-9H3. The Bertz CT molecular complexity index is 316. The van der Waals surface area contributed by atoms with Crippen molar-refractivity contribution >= 4 is 22.2 Å². The van der Waals surface area contributed by atoms with Crippen LogP contribution in [-0.4, -0.2) is 44.1 Å². The molecule has 1 aliphatic heterocycles. The maximum atomic E-state index is 12.3. The van der Waals surface area contributed by atoms with Gasteiger partial charge in [0, 0.05) is 11.3 Å². The number of carbonyl (C=O) groups excluding carboxylic acids is 1. The first-order valence-electron chi connectivity index (χ1n) is 6.76. The van der Waals surface area contributed by atoms with Gasteiger partial charge in [0.25, 0.3) is 0 Å². The summed E-state index contributed by atoms with van der Waals surface area (Å²) in [7, 11) is -2.68. The molecule has 1 amide bonds. The molecule has 1 rings (SSSR count). The zero-order chi connectivity index (χ0) is 14.5. The van der Waals surface area contributed by atoms with Crippen LogP contribution in [0.2, 0.25) is 39.3 Å². The molecule has 0 aromatic heterocycles. The molecule has 0 bridgehead atoms. The van der Waals surface area contributed by atoms with Gasteiger partial charge in [0.2, 0.25) is 0 Å². The van der Waals surface area contributed by atoms with Crippen LogP contribution in [0.4, 0.5) is 4.79 Å². The number of rotatable bonds is 2.